The van der Waals surface area contributed by atoms with E-state index in [0.29, 0.717) is 13.1 Å². The molecule has 3 N–H and O–H groups in total. The molecule has 8 nitrogen and oxygen atoms in total. The summed E-state index contributed by atoms with van der Waals surface area (Å²) >= 11 is 1.68. The van der Waals surface area contributed by atoms with Crippen LogP contribution in [-0.2, 0) is 17.9 Å². The summed E-state index contributed by atoms with van der Waals surface area (Å²) in [4.78, 5) is 45.7. The predicted octanol–water partition coefficient (Wildman–Crippen LogP) is 3.01. The molecule has 2 aromatic carbocycles. The van der Waals surface area contributed by atoms with Gasteiger partial charge in [0.1, 0.15) is 5.82 Å². The number of likely N-dealkylation sites (N-methyl/N-ethyl adjacent to an activating group) is 1. The Morgan fingerprint density at radius 3 is 2.31 bits per heavy atom. The van der Waals surface area contributed by atoms with Gasteiger partial charge in [-0.1, -0.05) is 56.3 Å². The minimum absolute atomic E-state index is 0.0111. The van der Waals surface area contributed by atoms with Crippen molar-refractivity contribution in [3.05, 3.63) is 86.6 Å². The molecule has 3 aromatic rings. The van der Waals surface area contributed by atoms with Gasteiger partial charge in [-0.25, -0.2) is 4.79 Å². The summed E-state index contributed by atoms with van der Waals surface area (Å²) in [5.74, 6) is -0.201. The van der Waals surface area contributed by atoms with Crippen LogP contribution in [0.25, 0.3) is 0 Å². The highest BCUT2D eigenvalue weighted by Crippen LogP contribution is 2.20. The number of aromatic nitrogens is 2. The van der Waals surface area contributed by atoms with Crippen LogP contribution >= 0.6 is 11.8 Å². The van der Waals surface area contributed by atoms with Crippen molar-refractivity contribution >= 4 is 29.2 Å². The zero-order valence-electron chi connectivity index (χ0n) is 20.7. The summed E-state index contributed by atoms with van der Waals surface area (Å²) in [6.45, 7) is 5.07. The molecular weight excluding hydrogens is 462 g/mol. The second-order valence-electron chi connectivity index (χ2n) is 8.98. The van der Waals surface area contributed by atoms with E-state index in [2.05, 4.69) is 17.1 Å². The Hall–Kier alpha value is -3.30. The molecule has 0 spiro atoms. The van der Waals surface area contributed by atoms with Crippen LogP contribution in [0.5, 0.6) is 0 Å². The smallest absolute Gasteiger partial charge is 0.330 e. The predicted molar refractivity (Wildman–Crippen MR) is 143 cm³/mol. The van der Waals surface area contributed by atoms with E-state index in [1.807, 2.05) is 74.5 Å². The molecule has 0 saturated carbocycles. The fraction of sp³-hybridized carbons (Fsp3) is 0.346. The van der Waals surface area contributed by atoms with Crippen LogP contribution in [0.15, 0.2) is 69.1 Å². The van der Waals surface area contributed by atoms with Gasteiger partial charge in [-0.2, -0.15) is 0 Å². The second-order valence-corrected chi connectivity index (χ2v) is 9.86. The lowest BCUT2D eigenvalue weighted by molar-refractivity contribution is -0.119. The van der Waals surface area contributed by atoms with Crippen LogP contribution in [0.1, 0.15) is 25.0 Å². The monoisotopic (exact) mass is 495 g/mol. The van der Waals surface area contributed by atoms with Crippen molar-refractivity contribution in [2.24, 2.45) is 5.92 Å². The van der Waals surface area contributed by atoms with Crippen molar-refractivity contribution in [1.82, 2.24) is 14.5 Å². The minimum Gasteiger partial charge on any atom is -0.383 e. The van der Waals surface area contributed by atoms with E-state index in [-0.39, 0.29) is 36.4 Å². The molecule has 3 rings (SSSR count). The molecule has 0 aliphatic carbocycles. The van der Waals surface area contributed by atoms with Crippen molar-refractivity contribution in [1.29, 1.82) is 0 Å². The molecule has 1 amide bonds. The van der Waals surface area contributed by atoms with E-state index in [1.54, 1.807) is 11.8 Å². The fourth-order valence-electron chi connectivity index (χ4n) is 3.86. The molecule has 0 aliphatic rings. The number of thioether (sulfide) groups is 1. The number of carbonyl (C=O) groups is 1. The molecule has 9 heteroatoms. The average Bonchev–Trinajstić information content (AvgIpc) is 2.82. The Balaban J connectivity index is 1.88. The minimum atomic E-state index is -0.666. The zero-order valence-corrected chi connectivity index (χ0v) is 21.5. The number of hydrogen-bond acceptors (Lipinski definition) is 6. The third-order valence-corrected chi connectivity index (χ3v) is 6.28. The van der Waals surface area contributed by atoms with E-state index in [9.17, 15) is 14.4 Å². The number of nitrogens with one attached hydrogen (secondary N) is 1. The van der Waals surface area contributed by atoms with Gasteiger partial charge in [0.25, 0.3) is 5.56 Å². The van der Waals surface area contributed by atoms with E-state index >= 15 is 0 Å². The lowest BCUT2D eigenvalue weighted by Crippen LogP contribution is -2.46. The first-order valence-electron chi connectivity index (χ1n) is 11.5. The summed E-state index contributed by atoms with van der Waals surface area (Å²) in [6.07, 6.45) is 2.03. The van der Waals surface area contributed by atoms with E-state index < -0.39 is 11.2 Å². The Morgan fingerprint density at radius 2 is 1.71 bits per heavy atom. The Morgan fingerprint density at radius 1 is 1.06 bits per heavy atom. The first-order valence-corrected chi connectivity index (χ1v) is 12.7. The number of amides is 1. The molecule has 0 radical (unpaired) electrons. The SMILES string of the molecule is CSc1ccc(CN(C)CC(=O)N(CC(C)C)c2c(N)n(Cc3ccccc3)c(=O)[nH]c2=O)cc1. The molecule has 1 aromatic heterocycles. The van der Waals surface area contributed by atoms with Gasteiger partial charge in [0.15, 0.2) is 5.69 Å². The molecule has 0 atom stereocenters. The van der Waals surface area contributed by atoms with E-state index in [4.69, 9.17) is 5.73 Å². The van der Waals surface area contributed by atoms with Gasteiger partial charge < -0.3 is 10.6 Å². The summed E-state index contributed by atoms with van der Waals surface area (Å²) < 4.78 is 1.30. The molecule has 1 heterocycles. The number of carbonyl (C=O) groups excluding carboxylic acids is 1. The van der Waals surface area contributed by atoms with Gasteiger partial charge in [0, 0.05) is 18.0 Å². The Bertz CT molecular complexity index is 1250. The van der Waals surface area contributed by atoms with Gasteiger partial charge in [-0.05, 0) is 42.5 Å². The first-order chi connectivity index (χ1) is 16.7. The number of benzene rings is 2. The summed E-state index contributed by atoms with van der Waals surface area (Å²) in [7, 11) is 1.86. The lowest BCUT2D eigenvalue weighted by atomic mass is 10.2. The highest BCUT2D eigenvalue weighted by atomic mass is 32.2. The van der Waals surface area contributed by atoms with E-state index in [0.717, 1.165) is 11.1 Å². The molecular formula is C26H33N5O3S. The standard InChI is InChI=1S/C26H33N5O3S/c1-18(2)14-30(22(32)17-29(3)15-20-10-12-21(35-4)13-11-20)23-24(27)31(26(34)28-25(23)33)16-19-8-6-5-7-9-19/h5-13,18H,14-17,27H2,1-4H3,(H,28,33,34). The Kier molecular flexibility index (Phi) is 8.95. The van der Waals surface area contributed by atoms with Crippen LogP contribution in [0.2, 0.25) is 0 Å². The largest absolute Gasteiger partial charge is 0.383 e. The first kappa shape index (κ1) is 26.3. The fourth-order valence-corrected chi connectivity index (χ4v) is 4.27. The van der Waals surface area contributed by atoms with Crippen LogP contribution in [0, 0.1) is 5.92 Å². The van der Waals surface area contributed by atoms with E-state index in [1.165, 1.54) is 14.4 Å². The number of H-pyrrole nitrogens is 1. The molecule has 0 unspecified atom stereocenters. The lowest BCUT2D eigenvalue weighted by Gasteiger charge is -2.28. The second kappa shape index (κ2) is 11.9. The molecule has 0 saturated heterocycles. The Labute approximate surface area is 209 Å². The van der Waals surface area contributed by atoms with Crippen molar-refractivity contribution in [2.75, 3.05) is 37.0 Å². The number of nitrogens with two attached hydrogens (primary N) is 1. The molecule has 0 fully saturated rings. The van der Waals surface area contributed by atoms with Crippen LogP contribution in [0.4, 0.5) is 11.5 Å². The highest BCUT2D eigenvalue weighted by molar-refractivity contribution is 7.98. The number of hydrogen-bond donors (Lipinski definition) is 2. The summed E-state index contributed by atoms with van der Waals surface area (Å²) in [5, 5.41) is 0. The van der Waals surface area contributed by atoms with Gasteiger partial charge in [0.05, 0.1) is 13.1 Å². The maximum absolute atomic E-state index is 13.4. The van der Waals surface area contributed by atoms with Gasteiger partial charge in [-0.15, -0.1) is 11.8 Å². The molecule has 186 valence electrons. The third-order valence-electron chi connectivity index (χ3n) is 5.53. The maximum Gasteiger partial charge on any atom is 0.330 e. The molecule has 35 heavy (non-hydrogen) atoms. The number of nitrogens with zero attached hydrogens (tertiary/aromatic N) is 3. The number of nitrogen functional groups attached to an aromatic ring is 1. The molecule has 0 bridgehead atoms. The quantitative estimate of drug-likeness (QED) is 0.419. The summed E-state index contributed by atoms with van der Waals surface area (Å²) in [5.41, 5.74) is 7.04. The van der Waals surface area contributed by atoms with Crippen LogP contribution in [-0.4, -0.2) is 46.8 Å². The normalized spacial score (nSPS) is 11.3. The zero-order chi connectivity index (χ0) is 25.5. The average molecular weight is 496 g/mol. The maximum atomic E-state index is 13.4. The van der Waals surface area contributed by atoms with Gasteiger partial charge in [0.2, 0.25) is 5.91 Å². The topological polar surface area (TPSA) is 104 Å². The third kappa shape index (κ3) is 6.86. The van der Waals surface area contributed by atoms with Gasteiger partial charge in [-0.3, -0.25) is 24.0 Å². The van der Waals surface area contributed by atoms with Crippen LogP contribution < -0.4 is 21.9 Å². The summed E-state index contributed by atoms with van der Waals surface area (Å²) in [6, 6.07) is 17.5. The molecule has 0 aliphatic heterocycles. The van der Waals surface area contributed by atoms with Crippen molar-refractivity contribution in [3.8, 4) is 0 Å². The van der Waals surface area contributed by atoms with Gasteiger partial charge >= 0.3 is 5.69 Å². The van der Waals surface area contributed by atoms with Crippen molar-refractivity contribution in [2.45, 2.75) is 31.8 Å². The number of aromatic amines is 1. The van der Waals surface area contributed by atoms with Crippen molar-refractivity contribution in [3.63, 3.8) is 0 Å². The van der Waals surface area contributed by atoms with Crippen LogP contribution in [0.3, 0.4) is 0 Å². The highest BCUT2D eigenvalue weighted by Gasteiger charge is 2.26. The number of rotatable bonds is 10. The number of anilines is 2. The van der Waals surface area contributed by atoms with Crippen molar-refractivity contribution < 1.29 is 4.79 Å².